The van der Waals surface area contributed by atoms with Gasteiger partial charge in [0.05, 0.1) is 18.7 Å². The first kappa shape index (κ1) is 21.7. The van der Waals surface area contributed by atoms with Gasteiger partial charge in [-0.2, -0.15) is 0 Å². The molecule has 1 aliphatic rings. The Balaban J connectivity index is 1.56. The van der Waals surface area contributed by atoms with Crippen LogP contribution in [0.4, 0.5) is 5.69 Å². The molecule has 0 aliphatic carbocycles. The molecule has 3 aromatic carbocycles. The van der Waals surface area contributed by atoms with Crippen LogP contribution in [0.3, 0.4) is 0 Å². The number of ether oxygens (including phenoxy) is 1. The zero-order chi connectivity index (χ0) is 25.0. The van der Waals surface area contributed by atoms with Crippen LogP contribution in [-0.2, 0) is 11.8 Å². The molecule has 7 nitrogen and oxygen atoms in total. The summed E-state index contributed by atoms with van der Waals surface area (Å²) in [6.45, 7) is 0. The average Bonchev–Trinajstić information content (AvgIpc) is 3.56. The van der Waals surface area contributed by atoms with Gasteiger partial charge in [0.1, 0.15) is 11.3 Å². The molecule has 2 aromatic heterocycles. The summed E-state index contributed by atoms with van der Waals surface area (Å²) < 4.78 is 13.0. The van der Waals surface area contributed by atoms with E-state index < -0.39 is 23.5 Å². The third kappa shape index (κ3) is 3.20. The number of aryl methyl sites for hydroxylation is 1. The van der Waals surface area contributed by atoms with Crippen molar-refractivity contribution in [1.82, 2.24) is 4.57 Å². The van der Waals surface area contributed by atoms with E-state index in [1.54, 1.807) is 43.5 Å². The summed E-state index contributed by atoms with van der Waals surface area (Å²) in [5.74, 6) is -1.09. The maximum Gasteiger partial charge on any atom is 0.294 e. The van der Waals surface area contributed by atoms with Gasteiger partial charge in [0.25, 0.3) is 5.91 Å². The first-order chi connectivity index (χ1) is 17.5. The Labute approximate surface area is 206 Å². The first-order valence-electron chi connectivity index (χ1n) is 11.5. The standard InChI is InChI=1S/C29H22N2O5/c1-30-16-21(20-8-4-5-9-22(20)30)26-25(27(32)24-15-17-7-3-6-10-23(17)36-24)28(33)29(34)31(26)18-11-13-19(35-2)14-12-18/h3-16,26,33H,1-2H3. The molecule has 0 saturated heterocycles. The van der Waals surface area contributed by atoms with Gasteiger partial charge in [-0.1, -0.05) is 36.4 Å². The number of ketones is 1. The number of fused-ring (bicyclic) bond motifs is 2. The predicted molar refractivity (Wildman–Crippen MR) is 136 cm³/mol. The van der Waals surface area contributed by atoms with Crippen molar-refractivity contribution in [2.45, 2.75) is 6.04 Å². The van der Waals surface area contributed by atoms with E-state index in [1.165, 1.54) is 4.90 Å². The summed E-state index contributed by atoms with van der Waals surface area (Å²) in [6.07, 6.45) is 1.89. The topological polar surface area (TPSA) is 84.9 Å². The Bertz CT molecular complexity index is 1660. The van der Waals surface area contributed by atoms with Crippen LogP contribution in [0.1, 0.15) is 22.2 Å². The lowest BCUT2D eigenvalue weighted by Crippen LogP contribution is -2.31. The first-order valence-corrected chi connectivity index (χ1v) is 11.5. The number of anilines is 1. The molecule has 3 heterocycles. The summed E-state index contributed by atoms with van der Waals surface area (Å²) in [7, 11) is 3.47. The molecule has 0 spiro atoms. The van der Waals surface area contributed by atoms with Crippen LogP contribution in [0, 0.1) is 0 Å². The molecule has 0 radical (unpaired) electrons. The van der Waals surface area contributed by atoms with E-state index in [-0.39, 0.29) is 11.3 Å². The molecule has 0 bridgehead atoms. The molecule has 1 aliphatic heterocycles. The summed E-state index contributed by atoms with van der Waals surface area (Å²) in [6, 6.07) is 22.7. The van der Waals surface area contributed by atoms with Crippen molar-refractivity contribution in [2.24, 2.45) is 7.05 Å². The third-order valence-electron chi connectivity index (χ3n) is 6.68. The number of carbonyl (C=O) groups excluding carboxylic acids is 2. The predicted octanol–water partition coefficient (Wildman–Crippen LogP) is 5.72. The Morgan fingerprint density at radius 3 is 2.47 bits per heavy atom. The van der Waals surface area contributed by atoms with Crippen molar-refractivity contribution in [3.8, 4) is 5.75 Å². The SMILES string of the molecule is COc1ccc(N2C(=O)C(O)=C(C(=O)c3cc4ccccc4o3)C2c2cn(C)c3ccccc23)cc1. The number of rotatable bonds is 5. The zero-order valence-corrected chi connectivity index (χ0v) is 19.6. The number of hydrogen-bond acceptors (Lipinski definition) is 5. The lowest BCUT2D eigenvalue weighted by molar-refractivity contribution is -0.117. The highest BCUT2D eigenvalue weighted by atomic mass is 16.5. The van der Waals surface area contributed by atoms with Crippen molar-refractivity contribution in [3.05, 3.63) is 108 Å². The third-order valence-corrected chi connectivity index (χ3v) is 6.68. The van der Waals surface area contributed by atoms with Crippen LogP contribution >= 0.6 is 0 Å². The van der Waals surface area contributed by atoms with E-state index in [9.17, 15) is 14.7 Å². The Morgan fingerprint density at radius 1 is 1.00 bits per heavy atom. The number of para-hydroxylation sites is 2. The fraction of sp³-hybridized carbons (Fsp3) is 0.103. The van der Waals surface area contributed by atoms with E-state index in [0.717, 1.165) is 21.9 Å². The number of aromatic nitrogens is 1. The van der Waals surface area contributed by atoms with Crippen LogP contribution in [0.25, 0.3) is 21.9 Å². The van der Waals surface area contributed by atoms with Crippen molar-refractivity contribution >= 4 is 39.2 Å². The molecule has 1 unspecified atom stereocenters. The minimum Gasteiger partial charge on any atom is -0.503 e. The number of aliphatic hydroxyl groups excluding tert-OH is 1. The van der Waals surface area contributed by atoms with Crippen LogP contribution in [-0.4, -0.2) is 28.5 Å². The maximum absolute atomic E-state index is 13.9. The van der Waals surface area contributed by atoms with Gasteiger partial charge in [-0.15, -0.1) is 0 Å². The molecule has 36 heavy (non-hydrogen) atoms. The van der Waals surface area contributed by atoms with Crippen LogP contribution in [0.5, 0.6) is 5.75 Å². The van der Waals surface area contributed by atoms with E-state index in [0.29, 0.717) is 17.0 Å². The summed E-state index contributed by atoms with van der Waals surface area (Å²) in [4.78, 5) is 28.8. The minimum absolute atomic E-state index is 0.0220. The number of carbonyl (C=O) groups is 2. The molecule has 1 amide bonds. The summed E-state index contributed by atoms with van der Waals surface area (Å²) in [5, 5.41) is 12.7. The van der Waals surface area contributed by atoms with Crippen molar-refractivity contribution in [2.75, 3.05) is 12.0 Å². The molecule has 178 valence electrons. The Hall–Kier alpha value is -4.78. The van der Waals surface area contributed by atoms with Gasteiger partial charge in [-0.3, -0.25) is 14.5 Å². The summed E-state index contributed by atoms with van der Waals surface area (Å²) >= 11 is 0. The molecule has 0 saturated carbocycles. The van der Waals surface area contributed by atoms with Gasteiger partial charge in [-0.05, 0) is 42.5 Å². The second kappa shape index (κ2) is 8.16. The molecular weight excluding hydrogens is 456 g/mol. The molecule has 5 aromatic rings. The lowest BCUT2D eigenvalue weighted by atomic mass is 9.94. The highest BCUT2D eigenvalue weighted by molar-refractivity contribution is 6.21. The second-order valence-electron chi connectivity index (χ2n) is 8.73. The number of nitrogens with zero attached hydrogens (tertiary/aromatic N) is 2. The number of benzene rings is 3. The van der Waals surface area contributed by atoms with Gasteiger partial charge in [0.15, 0.2) is 11.5 Å². The van der Waals surface area contributed by atoms with Crippen molar-refractivity contribution in [1.29, 1.82) is 0 Å². The van der Waals surface area contributed by atoms with Crippen LogP contribution < -0.4 is 9.64 Å². The number of Topliss-reactive ketones (excluding diaryl/α,β-unsaturated/α-hetero) is 1. The van der Waals surface area contributed by atoms with Gasteiger partial charge in [0, 0.05) is 40.8 Å². The number of aliphatic hydroxyl groups is 1. The Kier molecular flexibility index (Phi) is 4.93. The van der Waals surface area contributed by atoms with Gasteiger partial charge < -0.3 is 18.8 Å². The number of furan rings is 1. The molecule has 6 rings (SSSR count). The monoisotopic (exact) mass is 478 g/mol. The number of methoxy groups -OCH3 is 1. The second-order valence-corrected chi connectivity index (χ2v) is 8.73. The molecular formula is C29H22N2O5. The molecule has 1 atom stereocenters. The average molecular weight is 479 g/mol. The van der Waals surface area contributed by atoms with Gasteiger partial charge >= 0.3 is 0 Å². The lowest BCUT2D eigenvalue weighted by Gasteiger charge is -2.26. The fourth-order valence-corrected chi connectivity index (χ4v) is 4.96. The van der Waals surface area contributed by atoms with E-state index in [2.05, 4.69) is 0 Å². The maximum atomic E-state index is 13.9. The minimum atomic E-state index is -0.863. The van der Waals surface area contributed by atoms with Crippen molar-refractivity contribution < 1.29 is 23.8 Å². The largest absolute Gasteiger partial charge is 0.503 e. The fourth-order valence-electron chi connectivity index (χ4n) is 4.96. The van der Waals surface area contributed by atoms with Crippen molar-refractivity contribution in [3.63, 3.8) is 0 Å². The van der Waals surface area contributed by atoms with Crippen LogP contribution in [0.15, 0.2) is 101 Å². The van der Waals surface area contributed by atoms with Gasteiger partial charge in [-0.25, -0.2) is 0 Å². The van der Waals surface area contributed by atoms with E-state index in [4.69, 9.17) is 9.15 Å². The molecule has 7 heteroatoms. The summed E-state index contributed by atoms with van der Waals surface area (Å²) in [5.41, 5.74) is 2.72. The molecule has 1 N–H and O–H groups in total. The normalized spacial score (nSPS) is 15.9. The number of amides is 1. The smallest absolute Gasteiger partial charge is 0.294 e. The van der Waals surface area contributed by atoms with E-state index in [1.807, 2.05) is 60.3 Å². The highest BCUT2D eigenvalue weighted by Gasteiger charge is 2.46. The highest BCUT2D eigenvalue weighted by Crippen LogP contribution is 2.45. The van der Waals surface area contributed by atoms with Gasteiger partial charge in [0.2, 0.25) is 5.78 Å². The Morgan fingerprint density at radius 2 is 1.72 bits per heavy atom. The quantitative estimate of drug-likeness (QED) is 0.327. The van der Waals surface area contributed by atoms with E-state index >= 15 is 0 Å². The zero-order valence-electron chi connectivity index (χ0n) is 19.6. The van der Waals surface area contributed by atoms with Crippen LogP contribution in [0.2, 0.25) is 0 Å². The molecule has 0 fully saturated rings. The number of hydrogen-bond donors (Lipinski definition) is 1.